The van der Waals surface area contributed by atoms with Crippen molar-refractivity contribution in [1.82, 2.24) is 4.98 Å². The van der Waals surface area contributed by atoms with E-state index in [2.05, 4.69) is 43.1 Å². The second-order valence-corrected chi connectivity index (χ2v) is 11.1. The molecule has 2 nitrogen and oxygen atoms in total. The molecule has 1 aromatic carbocycles. The highest BCUT2D eigenvalue weighted by Crippen LogP contribution is 2.38. The highest BCUT2D eigenvalue weighted by Gasteiger charge is 2.30. The summed E-state index contributed by atoms with van der Waals surface area (Å²) in [5.41, 5.74) is 8.58. The first-order chi connectivity index (χ1) is 18.4. The molecule has 2 aromatic rings. The molecule has 1 unspecified atom stereocenters. The van der Waals surface area contributed by atoms with E-state index in [1.54, 1.807) is 6.07 Å². The van der Waals surface area contributed by atoms with Crippen LogP contribution in [0.3, 0.4) is 0 Å². The van der Waals surface area contributed by atoms with Gasteiger partial charge in [-0.2, -0.15) is 0 Å². The summed E-state index contributed by atoms with van der Waals surface area (Å²) in [6.45, 7) is 6.46. The van der Waals surface area contributed by atoms with Gasteiger partial charge in [-0.1, -0.05) is 75.7 Å². The first kappa shape index (κ1) is 28.1. The smallest absolute Gasteiger partial charge is 0.159 e. The fourth-order valence-corrected chi connectivity index (χ4v) is 5.80. The number of benzene rings is 1. The molecule has 0 spiro atoms. The Labute approximate surface area is 230 Å². The van der Waals surface area contributed by atoms with Gasteiger partial charge < -0.3 is 0 Å². The number of pyridine rings is 1. The van der Waals surface area contributed by atoms with E-state index in [0.29, 0.717) is 5.92 Å². The number of hydrogen-bond acceptors (Lipinski definition) is 2. The van der Waals surface area contributed by atoms with Crippen molar-refractivity contribution < 1.29 is 11.6 Å². The molecule has 1 fully saturated rings. The van der Waals surface area contributed by atoms with Gasteiger partial charge in [0.15, 0.2) is 11.6 Å². The van der Waals surface area contributed by atoms with Crippen LogP contribution in [0.25, 0.3) is 0 Å². The zero-order valence-electron chi connectivity index (χ0n) is 23.3. The van der Waals surface area contributed by atoms with Gasteiger partial charge in [-0.15, -0.1) is 0 Å². The monoisotopic (exact) mass is 520 g/mol. The fraction of sp³-hybridized carbons (Fsp3) is 0.471. The van der Waals surface area contributed by atoms with Gasteiger partial charge >= 0.3 is 0 Å². The lowest BCUT2D eigenvalue weighted by Gasteiger charge is -2.29. The summed E-state index contributed by atoms with van der Waals surface area (Å²) in [5, 5.41) is 0. The topological polar surface area (TPSA) is 25.2 Å². The van der Waals surface area contributed by atoms with E-state index in [0.717, 1.165) is 42.9 Å². The molecule has 3 aliphatic rings. The van der Waals surface area contributed by atoms with Crippen molar-refractivity contribution in [3.05, 3.63) is 100 Å². The van der Waals surface area contributed by atoms with Crippen molar-refractivity contribution >= 4 is 5.71 Å². The Kier molecular flexibility index (Phi) is 10.2. The standard InChI is InChI=1S/C25H32N2.C9H10F2.2H2/c1-18-12-13-21-17-22(16-20-9-5-3-4-6-10-20)25(23-11-7-8-14-26-23)27-24(21)15-19(18)2;1-2-3-7-4-5-8(10)9(11)6-7;;/h7-8,11,13-15,20,22H,3-6,9-10,12,16-17H2,1-2H3;4-6H,2-3H2,1H3;2*1H. The SMILES string of the molecule is CC1=C(C)CC=C2CC(CC3CCCCCC3)C(c3ccccn3)=NC2=C1.CCCc1ccc(F)c(F)c1.[HH].[HH]. The molecule has 2 heterocycles. The minimum atomic E-state index is -0.773. The Bertz CT molecular complexity index is 1210. The van der Waals surface area contributed by atoms with E-state index in [1.165, 1.54) is 85.2 Å². The van der Waals surface area contributed by atoms with Crippen LogP contribution in [-0.4, -0.2) is 10.7 Å². The summed E-state index contributed by atoms with van der Waals surface area (Å²) in [6.07, 6.45) is 20.3. The molecule has 0 saturated heterocycles. The molecule has 2 aliphatic carbocycles. The third-order valence-electron chi connectivity index (χ3n) is 8.15. The van der Waals surface area contributed by atoms with Crippen LogP contribution in [0.4, 0.5) is 8.78 Å². The predicted octanol–water partition coefficient (Wildman–Crippen LogP) is 10.2. The minimum absolute atomic E-state index is 0. The van der Waals surface area contributed by atoms with Gasteiger partial charge in [-0.05, 0) is 92.5 Å². The molecule has 0 radical (unpaired) electrons. The molecule has 4 heteroatoms. The van der Waals surface area contributed by atoms with Crippen LogP contribution in [0, 0.1) is 23.5 Å². The van der Waals surface area contributed by atoms with Crippen LogP contribution in [0.1, 0.15) is 99.1 Å². The Balaban J connectivity index is 0.000000367. The summed E-state index contributed by atoms with van der Waals surface area (Å²) in [5.74, 6) is -0.171. The molecule has 1 aliphatic heterocycles. The van der Waals surface area contributed by atoms with Crippen molar-refractivity contribution in [2.24, 2.45) is 16.8 Å². The molecule has 0 bridgehead atoms. The maximum atomic E-state index is 12.5. The second kappa shape index (κ2) is 13.8. The summed E-state index contributed by atoms with van der Waals surface area (Å²) in [7, 11) is 0. The highest BCUT2D eigenvalue weighted by molar-refractivity contribution is 6.02. The van der Waals surface area contributed by atoms with Crippen LogP contribution in [0.5, 0.6) is 0 Å². The Morgan fingerprint density at radius 2 is 1.76 bits per heavy atom. The molecule has 38 heavy (non-hydrogen) atoms. The maximum Gasteiger partial charge on any atom is 0.159 e. The van der Waals surface area contributed by atoms with E-state index in [9.17, 15) is 8.78 Å². The normalized spacial score (nSPS) is 20.2. The summed E-state index contributed by atoms with van der Waals surface area (Å²) in [4.78, 5) is 9.87. The lowest BCUT2D eigenvalue weighted by molar-refractivity contribution is 0.382. The van der Waals surface area contributed by atoms with Gasteiger partial charge in [-0.3, -0.25) is 9.98 Å². The lowest BCUT2D eigenvalue weighted by Crippen LogP contribution is -2.25. The van der Waals surface area contributed by atoms with Crippen molar-refractivity contribution in [2.75, 3.05) is 0 Å². The van der Waals surface area contributed by atoms with Crippen LogP contribution < -0.4 is 0 Å². The number of nitrogens with zero attached hydrogens (tertiary/aromatic N) is 2. The lowest BCUT2D eigenvalue weighted by atomic mass is 9.79. The third-order valence-corrected chi connectivity index (χ3v) is 8.15. The molecule has 1 atom stereocenters. The van der Waals surface area contributed by atoms with Crippen molar-refractivity contribution in [2.45, 2.75) is 91.4 Å². The zero-order valence-corrected chi connectivity index (χ0v) is 23.3. The van der Waals surface area contributed by atoms with Crippen LogP contribution in [0.15, 0.2) is 82.2 Å². The average Bonchev–Trinajstić information content (AvgIpc) is 3.26. The van der Waals surface area contributed by atoms with Gasteiger partial charge in [0, 0.05) is 15.0 Å². The molecule has 0 N–H and O–H groups in total. The number of halogens is 2. The summed E-state index contributed by atoms with van der Waals surface area (Å²) >= 11 is 0. The van der Waals surface area contributed by atoms with Gasteiger partial charge in [0.1, 0.15) is 0 Å². The van der Waals surface area contributed by atoms with Crippen LogP contribution in [0.2, 0.25) is 0 Å². The van der Waals surface area contributed by atoms with Crippen molar-refractivity contribution in [3.63, 3.8) is 0 Å². The Hall–Kier alpha value is -2.88. The van der Waals surface area contributed by atoms with E-state index in [4.69, 9.17) is 4.99 Å². The number of aryl methyl sites for hydroxylation is 1. The van der Waals surface area contributed by atoms with E-state index in [-0.39, 0.29) is 2.85 Å². The van der Waals surface area contributed by atoms with Crippen molar-refractivity contribution in [3.8, 4) is 0 Å². The number of allylic oxidation sites excluding steroid dienone is 5. The van der Waals surface area contributed by atoms with Gasteiger partial charge in [0.2, 0.25) is 0 Å². The molecular weight excluding hydrogens is 474 g/mol. The Morgan fingerprint density at radius 1 is 0.974 bits per heavy atom. The number of fused-ring (bicyclic) bond motifs is 1. The van der Waals surface area contributed by atoms with E-state index < -0.39 is 11.6 Å². The number of rotatable bonds is 5. The number of hydrogen-bond donors (Lipinski definition) is 0. The quantitative estimate of drug-likeness (QED) is 0.360. The number of aromatic nitrogens is 1. The Morgan fingerprint density at radius 3 is 2.45 bits per heavy atom. The number of aliphatic imine (C=N–C) groups is 1. The summed E-state index contributed by atoms with van der Waals surface area (Å²) in [6, 6.07) is 10.3. The first-order valence-electron chi connectivity index (χ1n) is 14.5. The van der Waals surface area contributed by atoms with Crippen molar-refractivity contribution in [1.29, 1.82) is 0 Å². The fourth-order valence-electron chi connectivity index (χ4n) is 5.80. The molecule has 0 amide bonds. The zero-order chi connectivity index (χ0) is 26.9. The molecule has 1 aromatic heterocycles. The second-order valence-electron chi connectivity index (χ2n) is 11.1. The van der Waals surface area contributed by atoms with Crippen LogP contribution >= 0.6 is 0 Å². The maximum absolute atomic E-state index is 12.5. The first-order valence-corrected chi connectivity index (χ1v) is 14.5. The van der Waals surface area contributed by atoms with E-state index >= 15 is 0 Å². The summed E-state index contributed by atoms with van der Waals surface area (Å²) < 4.78 is 24.9. The molecular formula is C34H46F2N2. The largest absolute Gasteiger partial charge is 0.255 e. The average molecular weight is 521 g/mol. The highest BCUT2D eigenvalue weighted by atomic mass is 19.2. The van der Waals surface area contributed by atoms with Gasteiger partial charge in [-0.25, -0.2) is 8.78 Å². The minimum Gasteiger partial charge on any atom is -0.255 e. The van der Waals surface area contributed by atoms with Gasteiger partial charge in [0.05, 0.1) is 17.1 Å². The molecule has 5 rings (SSSR count). The third kappa shape index (κ3) is 7.58. The predicted molar refractivity (Wildman–Crippen MR) is 158 cm³/mol. The molecule has 1 saturated carbocycles. The van der Waals surface area contributed by atoms with E-state index in [1.807, 2.05) is 19.2 Å². The molecule has 206 valence electrons. The van der Waals surface area contributed by atoms with Gasteiger partial charge in [0.25, 0.3) is 0 Å². The van der Waals surface area contributed by atoms with Crippen LogP contribution in [-0.2, 0) is 6.42 Å².